The van der Waals surface area contributed by atoms with Gasteiger partial charge in [0.05, 0.1) is 20.1 Å². The van der Waals surface area contributed by atoms with E-state index in [4.69, 9.17) is 15.2 Å². The van der Waals surface area contributed by atoms with E-state index in [-0.39, 0.29) is 30.3 Å². The van der Waals surface area contributed by atoms with Gasteiger partial charge in [0.1, 0.15) is 11.5 Å². The van der Waals surface area contributed by atoms with E-state index in [9.17, 15) is 4.79 Å². The molecule has 2 fully saturated rings. The molecular weight excluding hydrogens is 316 g/mol. The summed E-state index contributed by atoms with van der Waals surface area (Å²) in [5.41, 5.74) is 7.14. The van der Waals surface area contributed by atoms with E-state index in [1.54, 1.807) is 14.2 Å². The number of ether oxygens (including phenoxy) is 2. The summed E-state index contributed by atoms with van der Waals surface area (Å²) < 4.78 is 10.6. The molecule has 0 spiro atoms. The lowest BCUT2D eigenvalue weighted by atomic mass is 9.84. The molecule has 4 atom stereocenters. The molecule has 1 aromatic carbocycles. The van der Waals surface area contributed by atoms with Crippen molar-refractivity contribution in [2.24, 2.45) is 23.5 Å². The number of halogens is 1. The monoisotopic (exact) mass is 340 g/mol. The first-order valence-corrected chi connectivity index (χ1v) is 7.88. The highest BCUT2D eigenvalue weighted by atomic mass is 35.5. The molecule has 0 radical (unpaired) electrons. The second-order valence-electron chi connectivity index (χ2n) is 6.33. The van der Waals surface area contributed by atoms with E-state index in [1.165, 1.54) is 6.42 Å². The predicted octanol–water partition coefficient (Wildman–Crippen LogP) is 2.12. The van der Waals surface area contributed by atoms with Gasteiger partial charge in [-0.2, -0.15) is 0 Å². The van der Waals surface area contributed by atoms with Crippen LogP contribution in [0.25, 0.3) is 0 Å². The van der Waals surface area contributed by atoms with Crippen LogP contribution in [0.15, 0.2) is 18.2 Å². The average Bonchev–Trinajstić information content (AvgIpc) is 3.13. The Morgan fingerprint density at radius 2 is 2.00 bits per heavy atom. The number of amides is 1. The normalized spacial score (nSPS) is 28.1. The number of fused-ring (bicyclic) bond motifs is 2. The molecule has 2 aliphatic carbocycles. The predicted molar refractivity (Wildman–Crippen MR) is 90.9 cm³/mol. The first kappa shape index (κ1) is 17.9. The van der Waals surface area contributed by atoms with Crippen LogP contribution < -0.4 is 20.5 Å². The van der Waals surface area contributed by atoms with Gasteiger partial charge in [-0.3, -0.25) is 4.79 Å². The van der Waals surface area contributed by atoms with Crippen LogP contribution in [-0.2, 0) is 11.3 Å². The summed E-state index contributed by atoms with van der Waals surface area (Å²) in [7, 11) is 3.25. The lowest BCUT2D eigenvalue weighted by molar-refractivity contribution is -0.127. The van der Waals surface area contributed by atoms with Gasteiger partial charge in [-0.05, 0) is 49.3 Å². The van der Waals surface area contributed by atoms with Gasteiger partial charge < -0.3 is 20.5 Å². The van der Waals surface area contributed by atoms with Crippen LogP contribution in [0.3, 0.4) is 0 Å². The molecule has 2 aliphatic rings. The molecular formula is C17H25ClN2O3. The number of carbonyl (C=O) groups excluding carboxylic acids is 1. The topological polar surface area (TPSA) is 73.6 Å². The Balaban J connectivity index is 0.00000192. The number of methoxy groups -OCH3 is 2. The molecule has 5 nitrogen and oxygen atoms in total. The van der Waals surface area contributed by atoms with Gasteiger partial charge in [-0.15, -0.1) is 12.4 Å². The summed E-state index contributed by atoms with van der Waals surface area (Å²) >= 11 is 0. The highest BCUT2D eigenvalue weighted by Gasteiger charge is 2.48. The maximum absolute atomic E-state index is 12.5. The zero-order chi connectivity index (χ0) is 15.7. The molecule has 2 bridgehead atoms. The molecule has 2 saturated carbocycles. The van der Waals surface area contributed by atoms with Gasteiger partial charge in [-0.1, -0.05) is 0 Å². The number of nitrogens with two attached hydrogens (primary N) is 1. The van der Waals surface area contributed by atoms with Crippen LogP contribution in [0.1, 0.15) is 24.8 Å². The van der Waals surface area contributed by atoms with Crippen molar-refractivity contribution in [3.8, 4) is 11.5 Å². The Kier molecular flexibility index (Phi) is 5.76. The standard InChI is InChI=1S/C17H24N2O3.ClH/c1-21-13-5-6-14(22-2)12(8-13)9-19-17(20)15-10-3-4-11(7-10)16(15)18;/h5-6,8,10-11,15-16H,3-4,7,9,18H2,1-2H3,(H,19,20);1H. The first-order chi connectivity index (χ1) is 10.6. The fraction of sp³-hybridized carbons (Fsp3) is 0.588. The zero-order valence-corrected chi connectivity index (χ0v) is 14.4. The Hall–Kier alpha value is -1.46. The fourth-order valence-electron chi connectivity index (χ4n) is 4.05. The Morgan fingerprint density at radius 3 is 2.61 bits per heavy atom. The van der Waals surface area contributed by atoms with Gasteiger partial charge in [0.15, 0.2) is 0 Å². The molecule has 1 aromatic rings. The van der Waals surface area contributed by atoms with Crippen LogP contribution in [-0.4, -0.2) is 26.2 Å². The lowest BCUT2D eigenvalue weighted by Gasteiger charge is -2.27. The van der Waals surface area contributed by atoms with Crippen molar-refractivity contribution < 1.29 is 14.3 Å². The van der Waals surface area contributed by atoms with Crippen molar-refractivity contribution in [3.63, 3.8) is 0 Å². The summed E-state index contributed by atoms with van der Waals surface area (Å²) in [6.45, 7) is 0.430. The summed E-state index contributed by atoms with van der Waals surface area (Å²) in [5.74, 6) is 2.54. The zero-order valence-electron chi connectivity index (χ0n) is 13.6. The fourth-order valence-corrected chi connectivity index (χ4v) is 4.05. The minimum absolute atomic E-state index is 0. The van der Waals surface area contributed by atoms with Crippen molar-refractivity contribution in [1.82, 2.24) is 5.32 Å². The molecule has 0 aromatic heterocycles. The summed E-state index contributed by atoms with van der Waals surface area (Å²) in [5, 5.41) is 3.03. The van der Waals surface area contributed by atoms with E-state index in [0.29, 0.717) is 18.4 Å². The van der Waals surface area contributed by atoms with E-state index in [1.807, 2.05) is 18.2 Å². The minimum Gasteiger partial charge on any atom is -0.497 e. The lowest BCUT2D eigenvalue weighted by Crippen LogP contribution is -2.45. The largest absolute Gasteiger partial charge is 0.497 e. The third-order valence-electron chi connectivity index (χ3n) is 5.22. The molecule has 3 rings (SSSR count). The molecule has 0 aliphatic heterocycles. The molecule has 128 valence electrons. The van der Waals surface area contributed by atoms with Crippen molar-refractivity contribution in [2.45, 2.75) is 31.8 Å². The molecule has 1 amide bonds. The third kappa shape index (κ3) is 3.40. The molecule has 23 heavy (non-hydrogen) atoms. The summed E-state index contributed by atoms with van der Waals surface area (Å²) in [6.07, 6.45) is 3.43. The number of benzene rings is 1. The van der Waals surface area contributed by atoms with Crippen molar-refractivity contribution in [3.05, 3.63) is 23.8 Å². The van der Waals surface area contributed by atoms with Crippen molar-refractivity contribution in [1.29, 1.82) is 0 Å². The Morgan fingerprint density at radius 1 is 1.26 bits per heavy atom. The Labute approximate surface area is 143 Å². The highest BCUT2D eigenvalue weighted by Crippen LogP contribution is 2.47. The number of nitrogens with one attached hydrogen (secondary N) is 1. The highest BCUT2D eigenvalue weighted by molar-refractivity contribution is 5.85. The van der Waals surface area contributed by atoms with Gasteiger partial charge >= 0.3 is 0 Å². The van der Waals surface area contributed by atoms with Crippen LogP contribution in [0, 0.1) is 17.8 Å². The maximum atomic E-state index is 12.5. The van der Waals surface area contributed by atoms with E-state index >= 15 is 0 Å². The van der Waals surface area contributed by atoms with E-state index in [0.717, 1.165) is 29.9 Å². The second-order valence-corrected chi connectivity index (χ2v) is 6.33. The SMILES string of the molecule is COc1ccc(OC)c(CNC(=O)C2C3CCC(C3)C2N)c1.Cl. The summed E-state index contributed by atoms with van der Waals surface area (Å²) in [4.78, 5) is 12.5. The second kappa shape index (κ2) is 7.41. The maximum Gasteiger partial charge on any atom is 0.225 e. The van der Waals surface area contributed by atoms with Crippen molar-refractivity contribution >= 4 is 18.3 Å². The van der Waals surface area contributed by atoms with Crippen LogP contribution in [0.5, 0.6) is 11.5 Å². The minimum atomic E-state index is -0.0321. The molecule has 4 unspecified atom stereocenters. The third-order valence-corrected chi connectivity index (χ3v) is 5.22. The quantitative estimate of drug-likeness (QED) is 0.861. The number of carbonyl (C=O) groups is 1. The Bertz CT molecular complexity index is 565. The smallest absolute Gasteiger partial charge is 0.225 e. The van der Waals surface area contributed by atoms with Crippen LogP contribution in [0.2, 0.25) is 0 Å². The van der Waals surface area contributed by atoms with Gasteiger partial charge in [0.25, 0.3) is 0 Å². The van der Waals surface area contributed by atoms with Crippen LogP contribution in [0.4, 0.5) is 0 Å². The number of hydrogen-bond acceptors (Lipinski definition) is 4. The number of rotatable bonds is 5. The first-order valence-electron chi connectivity index (χ1n) is 7.88. The van der Waals surface area contributed by atoms with Gasteiger partial charge in [-0.25, -0.2) is 0 Å². The van der Waals surface area contributed by atoms with Gasteiger partial charge in [0, 0.05) is 18.2 Å². The van der Waals surface area contributed by atoms with E-state index < -0.39 is 0 Å². The molecule has 0 saturated heterocycles. The van der Waals surface area contributed by atoms with Crippen LogP contribution >= 0.6 is 12.4 Å². The molecule has 3 N–H and O–H groups in total. The summed E-state index contributed by atoms with van der Waals surface area (Å²) in [6, 6.07) is 5.60. The van der Waals surface area contributed by atoms with Gasteiger partial charge in [0.2, 0.25) is 5.91 Å². The number of hydrogen-bond donors (Lipinski definition) is 2. The average molecular weight is 341 g/mol. The van der Waals surface area contributed by atoms with Crippen molar-refractivity contribution in [2.75, 3.05) is 14.2 Å². The van der Waals surface area contributed by atoms with E-state index in [2.05, 4.69) is 5.32 Å². The molecule has 0 heterocycles. The molecule has 6 heteroatoms.